The van der Waals surface area contributed by atoms with Crippen molar-refractivity contribution in [2.45, 2.75) is 6.92 Å². The van der Waals surface area contributed by atoms with Crippen molar-refractivity contribution < 1.29 is 9.21 Å². The molecule has 0 aliphatic carbocycles. The topological polar surface area (TPSA) is 63.4 Å². The van der Waals surface area contributed by atoms with E-state index in [1.54, 1.807) is 32.2 Å². The molecule has 1 amide bonds. The molecule has 0 saturated heterocycles. The Morgan fingerprint density at radius 2 is 1.71 bits per heavy atom. The highest BCUT2D eigenvalue weighted by molar-refractivity contribution is 7.22. The van der Waals surface area contributed by atoms with Crippen LogP contribution in [0.3, 0.4) is 0 Å². The SMILES string of the molecule is Cc1c(-c2ccccc2)oc2c(C(=O)N(C)c3nc4ccccc4s3)cccc2c1=O. The third kappa shape index (κ3) is 3.21. The van der Waals surface area contributed by atoms with E-state index in [4.69, 9.17) is 4.42 Å². The van der Waals surface area contributed by atoms with Crippen molar-refractivity contribution in [3.05, 3.63) is 94.1 Å². The zero-order valence-electron chi connectivity index (χ0n) is 17.0. The molecular formula is C25H18N2O3S. The summed E-state index contributed by atoms with van der Waals surface area (Å²) in [6, 6.07) is 22.3. The number of para-hydroxylation sites is 2. The molecule has 0 unspecified atom stereocenters. The minimum atomic E-state index is -0.282. The number of nitrogens with zero attached hydrogens (tertiary/aromatic N) is 2. The van der Waals surface area contributed by atoms with Crippen LogP contribution in [-0.4, -0.2) is 17.9 Å². The minimum Gasteiger partial charge on any atom is -0.455 e. The lowest BCUT2D eigenvalue weighted by Gasteiger charge is -2.15. The van der Waals surface area contributed by atoms with E-state index in [2.05, 4.69) is 4.98 Å². The maximum absolute atomic E-state index is 13.4. The van der Waals surface area contributed by atoms with Crippen LogP contribution in [-0.2, 0) is 0 Å². The van der Waals surface area contributed by atoms with Crippen molar-refractivity contribution in [3.8, 4) is 11.3 Å². The van der Waals surface area contributed by atoms with Crippen LogP contribution in [0.15, 0.2) is 82.0 Å². The molecule has 0 saturated carbocycles. The average Bonchev–Trinajstić information content (AvgIpc) is 3.25. The summed E-state index contributed by atoms with van der Waals surface area (Å²) in [6.45, 7) is 1.75. The fourth-order valence-corrected chi connectivity index (χ4v) is 4.54. The number of benzene rings is 3. The molecular weight excluding hydrogens is 408 g/mol. The second kappa shape index (κ2) is 7.49. The van der Waals surface area contributed by atoms with Crippen LogP contribution in [0.1, 0.15) is 15.9 Å². The van der Waals surface area contributed by atoms with Gasteiger partial charge in [-0.2, -0.15) is 0 Å². The number of amides is 1. The van der Waals surface area contributed by atoms with Crippen LogP contribution in [0, 0.1) is 6.92 Å². The zero-order chi connectivity index (χ0) is 21.5. The molecule has 0 aliphatic rings. The van der Waals surface area contributed by atoms with Gasteiger partial charge in [-0.05, 0) is 31.2 Å². The number of hydrogen-bond acceptors (Lipinski definition) is 5. The second-order valence-corrected chi connectivity index (χ2v) is 8.27. The van der Waals surface area contributed by atoms with Gasteiger partial charge in [0.15, 0.2) is 16.1 Å². The van der Waals surface area contributed by atoms with E-state index in [1.807, 2.05) is 54.6 Å². The predicted octanol–water partition coefficient (Wildman–Crippen LogP) is 5.65. The Kier molecular flexibility index (Phi) is 4.64. The first kappa shape index (κ1) is 19.2. The van der Waals surface area contributed by atoms with Crippen LogP contribution in [0.4, 0.5) is 5.13 Å². The summed E-state index contributed by atoms with van der Waals surface area (Å²) >= 11 is 1.44. The molecule has 2 heterocycles. The van der Waals surface area contributed by atoms with Gasteiger partial charge in [0.1, 0.15) is 5.76 Å². The Bertz CT molecular complexity index is 1470. The molecule has 0 aliphatic heterocycles. The van der Waals surface area contributed by atoms with Gasteiger partial charge in [0.05, 0.1) is 21.2 Å². The van der Waals surface area contributed by atoms with Gasteiger partial charge >= 0.3 is 0 Å². The van der Waals surface area contributed by atoms with Gasteiger partial charge in [0.25, 0.3) is 5.91 Å². The van der Waals surface area contributed by atoms with Gasteiger partial charge < -0.3 is 4.42 Å². The summed E-state index contributed by atoms with van der Waals surface area (Å²) in [7, 11) is 1.68. The van der Waals surface area contributed by atoms with E-state index in [9.17, 15) is 9.59 Å². The second-order valence-electron chi connectivity index (χ2n) is 7.26. The van der Waals surface area contributed by atoms with Crippen molar-refractivity contribution >= 4 is 43.6 Å². The highest BCUT2D eigenvalue weighted by Crippen LogP contribution is 2.31. The van der Waals surface area contributed by atoms with Crippen molar-refractivity contribution in [2.75, 3.05) is 11.9 Å². The van der Waals surface area contributed by atoms with Crippen molar-refractivity contribution in [1.82, 2.24) is 4.98 Å². The third-order valence-electron chi connectivity index (χ3n) is 5.29. The number of rotatable bonds is 3. The van der Waals surface area contributed by atoms with E-state index in [-0.39, 0.29) is 16.9 Å². The lowest BCUT2D eigenvalue weighted by atomic mass is 10.0. The van der Waals surface area contributed by atoms with Gasteiger partial charge in [0.2, 0.25) is 0 Å². The van der Waals surface area contributed by atoms with E-state index in [1.165, 1.54) is 16.2 Å². The number of thiazole rings is 1. The summed E-state index contributed by atoms with van der Waals surface area (Å²) in [6.07, 6.45) is 0. The Labute approximate surface area is 182 Å². The smallest absolute Gasteiger partial charge is 0.263 e. The Hall–Kier alpha value is -3.77. The number of hydrogen-bond donors (Lipinski definition) is 0. The number of anilines is 1. The molecule has 0 bridgehead atoms. The summed E-state index contributed by atoms with van der Waals surface area (Å²) < 4.78 is 7.20. The lowest BCUT2D eigenvalue weighted by molar-refractivity contribution is 0.0993. The van der Waals surface area contributed by atoms with Gasteiger partial charge in [-0.1, -0.05) is 59.9 Å². The van der Waals surface area contributed by atoms with Crippen LogP contribution in [0.5, 0.6) is 0 Å². The predicted molar refractivity (Wildman–Crippen MR) is 125 cm³/mol. The number of aromatic nitrogens is 1. The average molecular weight is 426 g/mol. The van der Waals surface area contributed by atoms with Crippen molar-refractivity contribution in [2.24, 2.45) is 0 Å². The molecule has 31 heavy (non-hydrogen) atoms. The minimum absolute atomic E-state index is 0.141. The first-order valence-corrected chi connectivity index (χ1v) is 10.6. The first-order chi connectivity index (χ1) is 15.0. The third-order valence-corrected chi connectivity index (χ3v) is 6.40. The Balaban J connectivity index is 1.66. The highest BCUT2D eigenvalue weighted by atomic mass is 32.1. The molecule has 0 spiro atoms. The van der Waals surface area contributed by atoms with E-state index >= 15 is 0 Å². The molecule has 6 heteroatoms. The molecule has 5 rings (SSSR count). The molecule has 5 aromatic rings. The zero-order valence-corrected chi connectivity index (χ0v) is 17.8. The van der Waals surface area contributed by atoms with Crippen molar-refractivity contribution in [1.29, 1.82) is 0 Å². The summed E-state index contributed by atoms with van der Waals surface area (Å²) in [5.74, 6) is 0.191. The molecule has 2 aromatic heterocycles. The number of carbonyl (C=O) groups is 1. The molecule has 0 fully saturated rings. The van der Waals surface area contributed by atoms with Crippen molar-refractivity contribution in [3.63, 3.8) is 0 Å². The van der Waals surface area contributed by atoms with Gasteiger partial charge in [-0.3, -0.25) is 14.5 Å². The molecule has 5 nitrogen and oxygen atoms in total. The Morgan fingerprint density at radius 1 is 0.968 bits per heavy atom. The van der Waals surface area contributed by atoms with Crippen LogP contribution in [0.25, 0.3) is 32.5 Å². The molecule has 0 radical (unpaired) electrons. The maximum atomic E-state index is 13.4. The fraction of sp³-hybridized carbons (Fsp3) is 0.0800. The monoisotopic (exact) mass is 426 g/mol. The normalized spacial score (nSPS) is 11.2. The van der Waals surface area contributed by atoms with E-state index in [0.717, 1.165) is 15.8 Å². The maximum Gasteiger partial charge on any atom is 0.263 e. The summed E-state index contributed by atoms with van der Waals surface area (Å²) in [5.41, 5.74) is 2.62. The summed E-state index contributed by atoms with van der Waals surface area (Å²) in [5, 5.41) is 0.974. The molecule has 0 N–H and O–H groups in total. The Morgan fingerprint density at radius 3 is 2.48 bits per heavy atom. The van der Waals surface area contributed by atoms with Gasteiger partial charge in [-0.15, -0.1) is 0 Å². The summed E-state index contributed by atoms with van der Waals surface area (Å²) in [4.78, 5) is 32.5. The van der Waals surface area contributed by atoms with Crippen LogP contribution < -0.4 is 10.3 Å². The fourth-order valence-electron chi connectivity index (χ4n) is 3.61. The molecule has 152 valence electrons. The van der Waals surface area contributed by atoms with E-state index < -0.39 is 0 Å². The van der Waals surface area contributed by atoms with Crippen LogP contribution in [0.2, 0.25) is 0 Å². The number of carbonyl (C=O) groups excluding carboxylic acids is 1. The largest absolute Gasteiger partial charge is 0.455 e. The number of fused-ring (bicyclic) bond motifs is 2. The van der Waals surface area contributed by atoms with Gasteiger partial charge in [0, 0.05) is 18.2 Å². The van der Waals surface area contributed by atoms with Crippen LogP contribution >= 0.6 is 11.3 Å². The van der Waals surface area contributed by atoms with E-state index in [0.29, 0.717) is 27.4 Å². The first-order valence-electron chi connectivity index (χ1n) is 9.80. The standard InChI is InChI=1S/C25H18N2O3S/c1-15-21(28)17-11-8-12-18(23(17)30-22(15)16-9-4-3-5-10-16)24(29)27(2)25-26-19-13-6-7-14-20(19)31-25/h3-14H,1-2H3. The van der Waals surface area contributed by atoms with Gasteiger partial charge in [-0.25, -0.2) is 4.98 Å². The molecule has 0 atom stereocenters. The quantitative estimate of drug-likeness (QED) is 0.374. The lowest BCUT2D eigenvalue weighted by Crippen LogP contribution is -2.26. The molecule has 3 aromatic carbocycles. The highest BCUT2D eigenvalue weighted by Gasteiger charge is 2.23.